The molecule has 20 heavy (non-hydrogen) atoms. The summed E-state index contributed by atoms with van der Waals surface area (Å²) in [4.78, 5) is 0. The average Bonchev–Trinajstić information content (AvgIpc) is 2.95. The Bertz CT molecular complexity index is 745. The first-order valence-corrected chi connectivity index (χ1v) is 6.90. The number of nitrogens with one attached hydrogen (secondary N) is 1. The van der Waals surface area contributed by atoms with Crippen LogP contribution >= 0.6 is 11.6 Å². The van der Waals surface area contributed by atoms with Crippen LogP contribution in [0.15, 0.2) is 34.9 Å². The summed E-state index contributed by atoms with van der Waals surface area (Å²) >= 11 is 6.07. The average molecular weight is 290 g/mol. The highest BCUT2D eigenvalue weighted by atomic mass is 35.5. The van der Waals surface area contributed by atoms with Crippen molar-refractivity contribution in [2.24, 2.45) is 0 Å². The zero-order valence-corrected chi connectivity index (χ0v) is 12.2. The number of halogens is 1. The monoisotopic (exact) mass is 289 g/mol. The Morgan fingerprint density at radius 2 is 2.15 bits per heavy atom. The highest BCUT2D eigenvalue weighted by Gasteiger charge is 2.15. The Morgan fingerprint density at radius 3 is 2.85 bits per heavy atom. The van der Waals surface area contributed by atoms with Crippen LogP contribution in [-0.4, -0.2) is 16.8 Å². The summed E-state index contributed by atoms with van der Waals surface area (Å²) < 4.78 is 7.82. The molecule has 0 aliphatic rings. The van der Waals surface area contributed by atoms with Crippen molar-refractivity contribution in [1.29, 1.82) is 0 Å². The minimum Gasteiger partial charge on any atom is -0.459 e. The van der Waals surface area contributed by atoms with E-state index in [1.807, 2.05) is 36.9 Å². The van der Waals surface area contributed by atoms with E-state index >= 15 is 0 Å². The van der Waals surface area contributed by atoms with Crippen molar-refractivity contribution in [2.75, 3.05) is 7.05 Å². The van der Waals surface area contributed by atoms with Crippen molar-refractivity contribution < 1.29 is 4.42 Å². The molecule has 3 aromatic rings. The van der Waals surface area contributed by atoms with Gasteiger partial charge in [0.05, 0.1) is 30.0 Å². The second-order valence-corrected chi connectivity index (χ2v) is 5.17. The second-order valence-electron chi connectivity index (χ2n) is 4.77. The molecule has 0 amide bonds. The number of rotatable bonds is 4. The molecule has 0 atom stereocenters. The molecule has 0 spiro atoms. The SMILES string of the molecule is CNCc1oc2ccccc2c1Cn1ncc(Cl)c1C. The number of aromatic nitrogens is 2. The van der Waals surface area contributed by atoms with E-state index in [0.717, 1.165) is 28.0 Å². The van der Waals surface area contributed by atoms with Crippen LogP contribution in [0, 0.1) is 6.92 Å². The van der Waals surface area contributed by atoms with Gasteiger partial charge in [0.25, 0.3) is 0 Å². The smallest absolute Gasteiger partial charge is 0.134 e. The molecule has 104 valence electrons. The van der Waals surface area contributed by atoms with Crippen molar-refractivity contribution in [1.82, 2.24) is 15.1 Å². The van der Waals surface area contributed by atoms with Crippen LogP contribution < -0.4 is 5.32 Å². The van der Waals surface area contributed by atoms with Crippen molar-refractivity contribution in [3.63, 3.8) is 0 Å². The van der Waals surface area contributed by atoms with Gasteiger partial charge < -0.3 is 9.73 Å². The van der Waals surface area contributed by atoms with Gasteiger partial charge in [-0.3, -0.25) is 4.68 Å². The van der Waals surface area contributed by atoms with E-state index in [2.05, 4.69) is 16.5 Å². The first-order chi connectivity index (χ1) is 9.70. The molecule has 0 unspecified atom stereocenters. The molecular weight excluding hydrogens is 274 g/mol. The van der Waals surface area contributed by atoms with Crippen molar-refractivity contribution in [3.8, 4) is 0 Å². The fourth-order valence-corrected chi connectivity index (χ4v) is 2.50. The van der Waals surface area contributed by atoms with Gasteiger partial charge in [-0.15, -0.1) is 0 Å². The number of hydrogen-bond acceptors (Lipinski definition) is 3. The first-order valence-electron chi connectivity index (χ1n) is 6.52. The van der Waals surface area contributed by atoms with E-state index in [4.69, 9.17) is 16.0 Å². The standard InChI is InChI=1S/C15H16ClN3O/c1-10-13(16)7-18-19(10)9-12-11-5-3-4-6-14(11)20-15(12)8-17-2/h3-7,17H,8-9H2,1-2H3. The lowest BCUT2D eigenvalue weighted by atomic mass is 10.1. The molecule has 3 rings (SSSR count). The van der Waals surface area contributed by atoms with E-state index in [0.29, 0.717) is 18.1 Å². The zero-order valence-electron chi connectivity index (χ0n) is 11.5. The minimum absolute atomic E-state index is 0.659. The maximum Gasteiger partial charge on any atom is 0.134 e. The van der Waals surface area contributed by atoms with Gasteiger partial charge in [0.1, 0.15) is 11.3 Å². The molecule has 0 saturated heterocycles. The van der Waals surface area contributed by atoms with Crippen LogP contribution in [0.3, 0.4) is 0 Å². The highest BCUT2D eigenvalue weighted by Crippen LogP contribution is 2.27. The third kappa shape index (κ3) is 2.21. The predicted octanol–water partition coefficient (Wildman–Crippen LogP) is 3.36. The molecular formula is C15H16ClN3O. The van der Waals surface area contributed by atoms with E-state index < -0.39 is 0 Å². The topological polar surface area (TPSA) is 43.0 Å². The van der Waals surface area contributed by atoms with Gasteiger partial charge in [-0.05, 0) is 20.0 Å². The maximum atomic E-state index is 6.07. The lowest BCUT2D eigenvalue weighted by molar-refractivity contribution is 0.517. The summed E-state index contributed by atoms with van der Waals surface area (Å²) in [7, 11) is 1.91. The third-order valence-corrected chi connectivity index (χ3v) is 3.84. The number of para-hydroxylation sites is 1. The van der Waals surface area contributed by atoms with Gasteiger partial charge in [0.2, 0.25) is 0 Å². The molecule has 1 aromatic carbocycles. The van der Waals surface area contributed by atoms with Gasteiger partial charge in [-0.1, -0.05) is 29.8 Å². The van der Waals surface area contributed by atoms with Gasteiger partial charge in [0.15, 0.2) is 0 Å². The van der Waals surface area contributed by atoms with Crippen LogP contribution in [0.4, 0.5) is 0 Å². The Labute approximate surface area is 122 Å². The predicted molar refractivity (Wildman–Crippen MR) is 80.1 cm³/mol. The van der Waals surface area contributed by atoms with E-state index in [1.165, 1.54) is 0 Å². The van der Waals surface area contributed by atoms with E-state index in [9.17, 15) is 0 Å². The van der Waals surface area contributed by atoms with Gasteiger partial charge in [-0.2, -0.15) is 5.10 Å². The van der Waals surface area contributed by atoms with Crippen LogP contribution in [0.5, 0.6) is 0 Å². The zero-order chi connectivity index (χ0) is 14.1. The summed E-state index contributed by atoms with van der Waals surface area (Å²) in [6, 6.07) is 8.07. The number of fused-ring (bicyclic) bond motifs is 1. The molecule has 2 aromatic heterocycles. The Hall–Kier alpha value is -1.78. The fourth-order valence-electron chi connectivity index (χ4n) is 2.36. The number of hydrogen-bond donors (Lipinski definition) is 1. The largest absolute Gasteiger partial charge is 0.459 e. The van der Waals surface area contributed by atoms with Gasteiger partial charge in [-0.25, -0.2) is 0 Å². The summed E-state index contributed by atoms with van der Waals surface area (Å²) in [6.45, 7) is 3.32. The van der Waals surface area contributed by atoms with E-state index in [-0.39, 0.29) is 0 Å². The van der Waals surface area contributed by atoms with Gasteiger partial charge in [0, 0.05) is 10.9 Å². The number of benzene rings is 1. The number of nitrogens with zero attached hydrogens (tertiary/aromatic N) is 2. The van der Waals surface area contributed by atoms with Crippen molar-refractivity contribution in [2.45, 2.75) is 20.0 Å². The summed E-state index contributed by atoms with van der Waals surface area (Å²) in [5.41, 5.74) is 3.02. The molecule has 0 aliphatic carbocycles. The fraction of sp³-hybridized carbons (Fsp3) is 0.267. The summed E-state index contributed by atoms with van der Waals surface area (Å²) in [5.74, 6) is 0.944. The van der Waals surface area contributed by atoms with E-state index in [1.54, 1.807) is 6.20 Å². The lowest BCUT2D eigenvalue weighted by Gasteiger charge is -2.06. The van der Waals surface area contributed by atoms with Crippen LogP contribution in [0.25, 0.3) is 11.0 Å². The van der Waals surface area contributed by atoms with Gasteiger partial charge >= 0.3 is 0 Å². The normalized spacial score (nSPS) is 11.3. The third-order valence-electron chi connectivity index (χ3n) is 3.47. The Morgan fingerprint density at radius 1 is 1.35 bits per heavy atom. The van der Waals surface area contributed by atoms with Crippen LogP contribution in [0.1, 0.15) is 17.0 Å². The molecule has 0 bridgehead atoms. The molecule has 5 heteroatoms. The molecule has 0 saturated carbocycles. The quantitative estimate of drug-likeness (QED) is 0.801. The number of furan rings is 1. The lowest BCUT2D eigenvalue weighted by Crippen LogP contribution is -2.09. The minimum atomic E-state index is 0.659. The molecule has 0 fully saturated rings. The molecule has 0 radical (unpaired) electrons. The molecule has 1 N–H and O–H groups in total. The van der Waals surface area contributed by atoms with Crippen LogP contribution in [-0.2, 0) is 13.1 Å². The second kappa shape index (κ2) is 5.31. The summed E-state index contributed by atoms with van der Waals surface area (Å²) in [5, 5.41) is 9.28. The molecule has 2 heterocycles. The first kappa shape index (κ1) is 13.2. The molecule has 0 aliphatic heterocycles. The molecule has 4 nitrogen and oxygen atoms in total. The Balaban J connectivity index is 2.09. The summed E-state index contributed by atoms with van der Waals surface area (Å²) in [6.07, 6.45) is 1.68. The van der Waals surface area contributed by atoms with Crippen LogP contribution in [0.2, 0.25) is 5.02 Å². The Kier molecular flexibility index (Phi) is 3.51. The van der Waals surface area contributed by atoms with Crippen molar-refractivity contribution in [3.05, 3.63) is 52.5 Å². The highest BCUT2D eigenvalue weighted by molar-refractivity contribution is 6.31. The van der Waals surface area contributed by atoms with Crippen molar-refractivity contribution >= 4 is 22.6 Å². The maximum absolute atomic E-state index is 6.07.